The molecule has 5 nitrogen and oxygen atoms in total. The molecule has 1 aliphatic heterocycles. The molecule has 2 atom stereocenters. The van der Waals surface area contributed by atoms with Crippen molar-refractivity contribution in [3.63, 3.8) is 0 Å². The summed E-state index contributed by atoms with van der Waals surface area (Å²) < 4.78 is 5.95. The van der Waals surface area contributed by atoms with Crippen LogP contribution in [-0.2, 0) is 4.74 Å². The molecular formula is C17H27N3O2. The summed E-state index contributed by atoms with van der Waals surface area (Å²) in [5.41, 5.74) is 0.593. The van der Waals surface area contributed by atoms with Gasteiger partial charge in [-0.25, -0.2) is 4.98 Å². The van der Waals surface area contributed by atoms with Crippen LogP contribution in [0.3, 0.4) is 0 Å². The molecule has 0 spiro atoms. The lowest BCUT2D eigenvalue weighted by molar-refractivity contribution is -0.0271. The van der Waals surface area contributed by atoms with Crippen LogP contribution in [-0.4, -0.2) is 36.7 Å². The third-order valence-electron chi connectivity index (χ3n) is 4.51. The lowest BCUT2D eigenvalue weighted by Crippen LogP contribution is -2.38. The zero-order chi connectivity index (χ0) is 15.9. The van der Waals surface area contributed by atoms with E-state index in [9.17, 15) is 4.79 Å². The van der Waals surface area contributed by atoms with E-state index >= 15 is 0 Å². The van der Waals surface area contributed by atoms with Crippen molar-refractivity contribution in [1.82, 2.24) is 10.3 Å². The summed E-state index contributed by atoms with van der Waals surface area (Å²) in [7, 11) is 1.64. The van der Waals surface area contributed by atoms with Gasteiger partial charge in [0.25, 0.3) is 5.91 Å². The SMILES string of the molecule is CCC(CC)[C@@H]1C[C@@H](Nc2ncccc2C(=O)NC)CCO1. The molecule has 2 N–H and O–H groups in total. The average molecular weight is 305 g/mol. The predicted molar refractivity (Wildman–Crippen MR) is 88.1 cm³/mol. The van der Waals surface area contributed by atoms with E-state index in [1.54, 1.807) is 25.4 Å². The Kier molecular flexibility index (Phi) is 6.19. The van der Waals surface area contributed by atoms with Gasteiger partial charge in [0.15, 0.2) is 0 Å². The Morgan fingerprint density at radius 2 is 2.23 bits per heavy atom. The maximum Gasteiger partial charge on any atom is 0.254 e. The van der Waals surface area contributed by atoms with Crippen molar-refractivity contribution in [2.75, 3.05) is 19.0 Å². The normalized spacial score (nSPS) is 21.6. The van der Waals surface area contributed by atoms with E-state index in [2.05, 4.69) is 29.5 Å². The van der Waals surface area contributed by atoms with E-state index in [0.717, 1.165) is 32.3 Å². The standard InChI is InChI=1S/C17H27N3O2/c1-4-12(5-2)15-11-13(8-10-22-15)20-16-14(17(21)18-3)7-6-9-19-16/h6-7,9,12-13,15H,4-5,8,10-11H2,1-3H3,(H,18,21)(H,19,20)/t13-,15-/m0/s1. The third kappa shape index (κ3) is 3.97. The number of carbonyl (C=O) groups is 1. The van der Waals surface area contributed by atoms with Gasteiger partial charge in [-0.2, -0.15) is 0 Å². The van der Waals surface area contributed by atoms with Crippen LogP contribution in [0.15, 0.2) is 18.3 Å². The number of rotatable bonds is 6. The number of amides is 1. The summed E-state index contributed by atoms with van der Waals surface area (Å²) in [6.07, 6.45) is 6.21. The fourth-order valence-electron chi connectivity index (χ4n) is 3.13. The van der Waals surface area contributed by atoms with E-state index in [0.29, 0.717) is 29.4 Å². The van der Waals surface area contributed by atoms with Crippen LogP contribution in [0.25, 0.3) is 0 Å². The molecule has 0 aliphatic carbocycles. The largest absolute Gasteiger partial charge is 0.378 e. The Morgan fingerprint density at radius 3 is 2.91 bits per heavy atom. The molecule has 1 amide bonds. The van der Waals surface area contributed by atoms with E-state index in [-0.39, 0.29) is 5.91 Å². The van der Waals surface area contributed by atoms with Crippen LogP contribution in [0.5, 0.6) is 0 Å². The van der Waals surface area contributed by atoms with Crippen molar-refractivity contribution < 1.29 is 9.53 Å². The van der Waals surface area contributed by atoms with Gasteiger partial charge in [0.2, 0.25) is 0 Å². The molecule has 1 aliphatic rings. The van der Waals surface area contributed by atoms with Crippen molar-refractivity contribution in [1.29, 1.82) is 0 Å². The van der Waals surface area contributed by atoms with E-state index in [1.165, 1.54) is 0 Å². The van der Waals surface area contributed by atoms with E-state index < -0.39 is 0 Å². The third-order valence-corrected chi connectivity index (χ3v) is 4.51. The highest BCUT2D eigenvalue weighted by atomic mass is 16.5. The van der Waals surface area contributed by atoms with E-state index in [1.807, 2.05) is 0 Å². The summed E-state index contributed by atoms with van der Waals surface area (Å²) in [5.74, 6) is 1.16. The fraction of sp³-hybridized carbons (Fsp3) is 0.647. The number of nitrogens with one attached hydrogen (secondary N) is 2. The smallest absolute Gasteiger partial charge is 0.254 e. The minimum absolute atomic E-state index is 0.112. The maximum absolute atomic E-state index is 11.9. The first-order chi connectivity index (χ1) is 10.7. The van der Waals surface area contributed by atoms with Gasteiger partial charge in [-0.1, -0.05) is 26.7 Å². The van der Waals surface area contributed by atoms with Gasteiger partial charge in [0, 0.05) is 25.9 Å². The first-order valence-electron chi connectivity index (χ1n) is 8.24. The quantitative estimate of drug-likeness (QED) is 0.848. The Bertz CT molecular complexity index is 489. The summed E-state index contributed by atoms with van der Waals surface area (Å²) in [6.45, 7) is 5.20. The van der Waals surface area contributed by atoms with Gasteiger partial charge in [0.1, 0.15) is 5.82 Å². The molecule has 0 radical (unpaired) electrons. The Labute approximate surface area is 132 Å². The highest BCUT2D eigenvalue weighted by Crippen LogP contribution is 2.27. The van der Waals surface area contributed by atoms with Crippen LogP contribution < -0.4 is 10.6 Å². The topological polar surface area (TPSA) is 63.2 Å². The lowest BCUT2D eigenvalue weighted by atomic mass is 9.89. The second-order valence-corrected chi connectivity index (χ2v) is 5.83. The molecule has 2 heterocycles. The molecule has 0 aromatic carbocycles. The molecule has 0 unspecified atom stereocenters. The second kappa shape index (κ2) is 8.13. The first kappa shape index (κ1) is 16.7. The average Bonchev–Trinajstić information content (AvgIpc) is 2.56. The van der Waals surface area contributed by atoms with Crippen molar-refractivity contribution in [3.8, 4) is 0 Å². The first-order valence-corrected chi connectivity index (χ1v) is 8.24. The molecule has 122 valence electrons. The molecule has 1 aromatic rings. The summed E-state index contributed by atoms with van der Waals surface area (Å²) in [4.78, 5) is 16.3. The minimum atomic E-state index is -0.112. The molecule has 0 bridgehead atoms. The minimum Gasteiger partial charge on any atom is -0.378 e. The molecule has 2 rings (SSSR count). The Balaban J connectivity index is 2.06. The number of nitrogens with zero attached hydrogens (tertiary/aromatic N) is 1. The molecule has 5 heteroatoms. The van der Waals surface area contributed by atoms with Crippen LogP contribution in [0.2, 0.25) is 0 Å². The van der Waals surface area contributed by atoms with Crippen LogP contribution in [0, 0.1) is 5.92 Å². The maximum atomic E-state index is 11.9. The number of anilines is 1. The van der Waals surface area contributed by atoms with Gasteiger partial charge in [-0.05, 0) is 30.9 Å². The van der Waals surface area contributed by atoms with E-state index in [4.69, 9.17) is 4.74 Å². The second-order valence-electron chi connectivity index (χ2n) is 5.83. The Hall–Kier alpha value is -1.62. The van der Waals surface area contributed by atoms with Gasteiger partial charge >= 0.3 is 0 Å². The van der Waals surface area contributed by atoms with Crippen molar-refractivity contribution >= 4 is 11.7 Å². The predicted octanol–water partition coefficient (Wildman–Crippen LogP) is 2.84. The fourth-order valence-corrected chi connectivity index (χ4v) is 3.13. The van der Waals surface area contributed by atoms with Crippen molar-refractivity contribution in [2.24, 2.45) is 5.92 Å². The monoisotopic (exact) mass is 305 g/mol. The van der Waals surface area contributed by atoms with Gasteiger partial charge in [0.05, 0.1) is 11.7 Å². The highest BCUT2D eigenvalue weighted by molar-refractivity contribution is 5.98. The van der Waals surface area contributed by atoms with Crippen LogP contribution >= 0.6 is 0 Å². The molecule has 22 heavy (non-hydrogen) atoms. The van der Waals surface area contributed by atoms with Crippen LogP contribution in [0.4, 0.5) is 5.82 Å². The van der Waals surface area contributed by atoms with Gasteiger partial charge in [-0.15, -0.1) is 0 Å². The summed E-state index contributed by atoms with van der Waals surface area (Å²) in [6, 6.07) is 3.89. The zero-order valence-corrected chi connectivity index (χ0v) is 13.8. The number of pyridine rings is 1. The number of carbonyl (C=O) groups excluding carboxylic acids is 1. The lowest BCUT2D eigenvalue weighted by Gasteiger charge is -2.34. The van der Waals surface area contributed by atoms with Gasteiger partial charge in [-0.3, -0.25) is 4.79 Å². The zero-order valence-electron chi connectivity index (χ0n) is 13.8. The van der Waals surface area contributed by atoms with Crippen molar-refractivity contribution in [3.05, 3.63) is 23.9 Å². The molecule has 0 saturated carbocycles. The number of hydrogen-bond donors (Lipinski definition) is 2. The number of ether oxygens (including phenoxy) is 1. The molecule has 1 saturated heterocycles. The highest BCUT2D eigenvalue weighted by Gasteiger charge is 2.28. The molecule has 1 aromatic heterocycles. The summed E-state index contributed by atoms with van der Waals surface area (Å²) in [5, 5.41) is 6.11. The van der Waals surface area contributed by atoms with Crippen molar-refractivity contribution in [2.45, 2.75) is 51.7 Å². The van der Waals surface area contributed by atoms with Gasteiger partial charge < -0.3 is 15.4 Å². The molecule has 1 fully saturated rings. The number of aromatic nitrogens is 1. The molecular weight excluding hydrogens is 278 g/mol. The summed E-state index contributed by atoms with van der Waals surface area (Å²) >= 11 is 0. The van der Waals surface area contributed by atoms with Crippen LogP contribution in [0.1, 0.15) is 49.9 Å². The number of hydrogen-bond acceptors (Lipinski definition) is 4. The Morgan fingerprint density at radius 1 is 1.45 bits per heavy atom.